The van der Waals surface area contributed by atoms with E-state index in [0.717, 1.165) is 6.42 Å². The zero-order valence-electron chi connectivity index (χ0n) is 11.5. The third-order valence-corrected chi connectivity index (χ3v) is 3.07. The number of carboxylic acid groups (broad SMARTS) is 1. The van der Waals surface area contributed by atoms with Crippen LogP contribution in [0.25, 0.3) is 0 Å². The topological polar surface area (TPSA) is 87.5 Å². The fourth-order valence-corrected chi connectivity index (χ4v) is 1.48. The smallest absolute Gasteiger partial charge is 0.356 e. The Balaban J connectivity index is 2.37. The van der Waals surface area contributed by atoms with Gasteiger partial charge in [-0.3, -0.25) is 0 Å². The fourth-order valence-electron chi connectivity index (χ4n) is 1.48. The lowest BCUT2D eigenvalue weighted by molar-refractivity contribution is 0.0691. The van der Waals surface area contributed by atoms with Gasteiger partial charge in [0, 0.05) is 32.4 Å². The van der Waals surface area contributed by atoms with Gasteiger partial charge >= 0.3 is 12.0 Å². The molecule has 0 saturated carbocycles. The molecule has 7 heteroatoms. The van der Waals surface area contributed by atoms with Gasteiger partial charge in [0.1, 0.15) is 0 Å². The lowest BCUT2D eigenvalue weighted by Gasteiger charge is -2.24. The summed E-state index contributed by atoms with van der Waals surface area (Å²) in [7, 11) is 1.75. The molecule has 1 rings (SSSR count). The number of nitrogens with zero attached hydrogens (tertiary/aromatic N) is 3. The van der Waals surface area contributed by atoms with Gasteiger partial charge in [-0.15, -0.1) is 0 Å². The minimum Gasteiger partial charge on any atom is -0.476 e. The normalized spacial score (nSPS) is 11.9. The van der Waals surface area contributed by atoms with E-state index in [-0.39, 0.29) is 17.8 Å². The van der Waals surface area contributed by atoms with Crippen molar-refractivity contribution >= 4 is 12.0 Å². The molecular formula is C12H20N4O3. The predicted molar refractivity (Wildman–Crippen MR) is 70.1 cm³/mol. The van der Waals surface area contributed by atoms with Crippen LogP contribution in [0.2, 0.25) is 0 Å². The lowest BCUT2D eigenvalue weighted by Crippen LogP contribution is -2.43. The molecule has 0 aliphatic rings. The van der Waals surface area contributed by atoms with Gasteiger partial charge in [0.05, 0.1) is 6.33 Å². The number of carbonyl (C=O) groups excluding carboxylic acids is 1. The second kappa shape index (κ2) is 6.77. The van der Waals surface area contributed by atoms with Crippen LogP contribution in [0.3, 0.4) is 0 Å². The van der Waals surface area contributed by atoms with E-state index in [1.807, 2.05) is 13.8 Å². The van der Waals surface area contributed by atoms with Crippen molar-refractivity contribution in [2.45, 2.75) is 32.9 Å². The van der Waals surface area contributed by atoms with E-state index in [4.69, 9.17) is 5.11 Å². The molecule has 19 heavy (non-hydrogen) atoms. The molecule has 2 amide bonds. The first-order chi connectivity index (χ1) is 8.95. The second-order valence-corrected chi connectivity index (χ2v) is 4.40. The van der Waals surface area contributed by atoms with Gasteiger partial charge < -0.3 is 19.9 Å². The predicted octanol–water partition coefficient (Wildman–Crippen LogP) is 1.02. The summed E-state index contributed by atoms with van der Waals surface area (Å²) >= 11 is 0. The molecule has 0 aromatic carbocycles. The van der Waals surface area contributed by atoms with Crippen LogP contribution >= 0.6 is 0 Å². The summed E-state index contributed by atoms with van der Waals surface area (Å²) in [5, 5.41) is 11.5. The molecule has 1 unspecified atom stereocenters. The van der Waals surface area contributed by atoms with Gasteiger partial charge in [0.2, 0.25) is 0 Å². The molecule has 2 N–H and O–H groups in total. The van der Waals surface area contributed by atoms with E-state index >= 15 is 0 Å². The van der Waals surface area contributed by atoms with Gasteiger partial charge in [0.25, 0.3) is 0 Å². The summed E-state index contributed by atoms with van der Waals surface area (Å²) in [5.74, 6) is -1.06. The molecule has 0 aliphatic carbocycles. The van der Waals surface area contributed by atoms with Crippen molar-refractivity contribution in [3.63, 3.8) is 0 Å². The summed E-state index contributed by atoms with van der Waals surface area (Å²) in [6, 6.07) is 0.0554. The summed E-state index contributed by atoms with van der Waals surface area (Å²) < 4.78 is 1.63. The summed E-state index contributed by atoms with van der Waals surface area (Å²) in [6.07, 6.45) is 3.77. The van der Waals surface area contributed by atoms with Gasteiger partial charge in [-0.25, -0.2) is 14.6 Å². The van der Waals surface area contributed by atoms with Crippen LogP contribution in [0.1, 0.15) is 30.8 Å². The highest BCUT2D eigenvalue weighted by Gasteiger charge is 2.13. The highest BCUT2D eigenvalue weighted by molar-refractivity contribution is 5.84. The first-order valence-corrected chi connectivity index (χ1v) is 6.21. The van der Waals surface area contributed by atoms with Crippen LogP contribution < -0.4 is 5.32 Å². The van der Waals surface area contributed by atoms with Crippen LogP contribution in [-0.2, 0) is 6.54 Å². The average molecular weight is 268 g/mol. The van der Waals surface area contributed by atoms with Crippen LogP contribution in [0.15, 0.2) is 12.5 Å². The number of urea groups is 1. The molecule has 7 nitrogen and oxygen atoms in total. The lowest BCUT2D eigenvalue weighted by atomic mass is 10.2. The molecule has 0 fully saturated rings. The third kappa shape index (κ3) is 4.27. The molecular weight excluding hydrogens is 248 g/mol. The van der Waals surface area contributed by atoms with E-state index in [1.54, 1.807) is 16.5 Å². The Morgan fingerprint density at radius 2 is 2.26 bits per heavy atom. The van der Waals surface area contributed by atoms with Gasteiger partial charge in [-0.05, 0) is 13.3 Å². The summed E-state index contributed by atoms with van der Waals surface area (Å²) in [4.78, 5) is 27.8. The quantitative estimate of drug-likeness (QED) is 0.806. The number of carboxylic acids is 1. The molecule has 0 aliphatic heterocycles. The maximum Gasteiger partial charge on any atom is 0.356 e. The van der Waals surface area contributed by atoms with Gasteiger partial charge in [-0.1, -0.05) is 6.92 Å². The third-order valence-electron chi connectivity index (χ3n) is 3.07. The Kier molecular flexibility index (Phi) is 5.35. The number of imidazole rings is 1. The molecule has 0 saturated heterocycles. The Labute approximate surface area is 112 Å². The highest BCUT2D eigenvalue weighted by atomic mass is 16.4. The monoisotopic (exact) mass is 268 g/mol. The molecule has 0 spiro atoms. The van der Waals surface area contributed by atoms with Gasteiger partial charge in [0.15, 0.2) is 5.69 Å². The second-order valence-electron chi connectivity index (χ2n) is 4.40. The van der Waals surface area contributed by atoms with E-state index in [0.29, 0.717) is 13.1 Å². The highest BCUT2D eigenvalue weighted by Crippen LogP contribution is 2.00. The summed E-state index contributed by atoms with van der Waals surface area (Å²) in [6.45, 7) is 4.91. The van der Waals surface area contributed by atoms with Crippen LogP contribution in [0, 0.1) is 0 Å². The number of rotatable bonds is 6. The number of amides is 2. The maximum absolute atomic E-state index is 11.7. The standard InChI is InChI=1S/C12H20N4O3/c1-4-9(2)15(3)12(19)13-5-6-16-7-10(11(17)18)14-8-16/h7-9H,4-6H2,1-3H3,(H,13,19)(H,17,18). The van der Waals surface area contributed by atoms with Crippen molar-refractivity contribution in [1.29, 1.82) is 0 Å². The zero-order chi connectivity index (χ0) is 14.4. The number of aromatic carboxylic acids is 1. The molecule has 1 aromatic rings. The number of nitrogens with one attached hydrogen (secondary N) is 1. The van der Waals surface area contributed by atoms with E-state index in [2.05, 4.69) is 10.3 Å². The molecule has 0 radical (unpaired) electrons. The van der Waals surface area contributed by atoms with Crippen molar-refractivity contribution in [1.82, 2.24) is 19.8 Å². The molecule has 1 aromatic heterocycles. The largest absolute Gasteiger partial charge is 0.476 e. The minimum absolute atomic E-state index is 0.00282. The number of carbonyl (C=O) groups is 2. The number of hydrogen-bond acceptors (Lipinski definition) is 3. The van der Waals surface area contributed by atoms with Crippen molar-refractivity contribution < 1.29 is 14.7 Å². The molecule has 106 valence electrons. The van der Waals surface area contributed by atoms with Crippen LogP contribution in [0.5, 0.6) is 0 Å². The number of aromatic nitrogens is 2. The maximum atomic E-state index is 11.7. The van der Waals surface area contributed by atoms with Crippen molar-refractivity contribution in [3.05, 3.63) is 18.2 Å². The van der Waals surface area contributed by atoms with Crippen molar-refractivity contribution in [3.8, 4) is 0 Å². The Hall–Kier alpha value is -2.05. The number of hydrogen-bond donors (Lipinski definition) is 2. The van der Waals surface area contributed by atoms with E-state index in [1.165, 1.54) is 12.5 Å². The van der Waals surface area contributed by atoms with Gasteiger partial charge in [-0.2, -0.15) is 0 Å². The zero-order valence-corrected chi connectivity index (χ0v) is 11.5. The first kappa shape index (κ1) is 15.0. The van der Waals surface area contributed by atoms with Crippen LogP contribution in [-0.4, -0.2) is 51.2 Å². The Morgan fingerprint density at radius 1 is 1.58 bits per heavy atom. The average Bonchev–Trinajstić information content (AvgIpc) is 2.85. The Morgan fingerprint density at radius 3 is 2.79 bits per heavy atom. The SMILES string of the molecule is CCC(C)N(C)C(=O)NCCn1cnc(C(=O)O)c1. The van der Waals surface area contributed by atoms with Crippen molar-refractivity contribution in [2.24, 2.45) is 0 Å². The Bertz CT molecular complexity index is 444. The van der Waals surface area contributed by atoms with E-state index < -0.39 is 5.97 Å². The van der Waals surface area contributed by atoms with Crippen LogP contribution in [0.4, 0.5) is 4.79 Å². The molecule has 0 bridgehead atoms. The molecule has 1 atom stereocenters. The fraction of sp³-hybridized carbons (Fsp3) is 0.583. The van der Waals surface area contributed by atoms with Crippen molar-refractivity contribution in [2.75, 3.05) is 13.6 Å². The minimum atomic E-state index is -1.06. The first-order valence-electron chi connectivity index (χ1n) is 6.21. The summed E-state index contributed by atoms with van der Waals surface area (Å²) in [5.41, 5.74) is 0.00282. The van der Waals surface area contributed by atoms with E-state index in [9.17, 15) is 9.59 Å². The molecule has 1 heterocycles.